The lowest BCUT2D eigenvalue weighted by Crippen LogP contribution is -2.49. The lowest BCUT2D eigenvalue weighted by atomic mass is 9.97. The predicted octanol–water partition coefficient (Wildman–Crippen LogP) is 3.04. The molecule has 5 aromatic rings. The number of aryl methyl sites for hydroxylation is 1. The monoisotopic (exact) mass is 677 g/mol. The topological polar surface area (TPSA) is 211 Å². The number of aliphatic carboxylic acids is 1. The van der Waals surface area contributed by atoms with E-state index in [4.69, 9.17) is 5.73 Å². The summed E-state index contributed by atoms with van der Waals surface area (Å²) < 4.78 is 2.05. The van der Waals surface area contributed by atoms with Crippen LogP contribution in [0.25, 0.3) is 22.5 Å². The molecule has 0 spiro atoms. The summed E-state index contributed by atoms with van der Waals surface area (Å²) in [4.78, 5) is 54.6. The standard InChI is InChI=1S/C36H39N9O5/c1-2-3-13-31-38-20-26(45(31)22-24-14-16-25(17-15-24)27-11-7-8-12-28(27)34-41-43-44-42-34)21-39-32(46)19-30(36(49)50)40-35(48)29(33(37)47)18-23-9-5-4-6-10-23/h4-12,14-17,20,29-30H,2-3,13,18-19,21-22H2,1H3,(H2,37,47)(H,39,46)(H,40,48)(H,49,50)(H,41,42,43,44)/t29?,30-/m1/s1. The number of hydrogen-bond donors (Lipinski definition) is 5. The van der Waals surface area contributed by atoms with Gasteiger partial charge in [-0.25, -0.2) is 14.9 Å². The minimum atomic E-state index is -1.56. The molecule has 0 aliphatic carbocycles. The fraction of sp³-hybridized carbons (Fsp3) is 0.278. The van der Waals surface area contributed by atoms with Crippen LogP contribution >= 0.6 is 0 Å². The molecule has 14 nitrogen and oxygen atoms in total. The number of nitrogens with zero attached hydrogens (tertiary/aromatic N) is 5. The number of benzene rings is 3. The average Bonchev–Trinajstić information content (AvgIpc) is 3.79. The van der Waals surface area contributed by atoms with Gasteiger partial charge < -0.3 is 26.0 Å². The average molecular weight is 678 g/mol. The first kappa shape index (κ1) is 35.1. The molecule has 0 saturated carbocycles. The van der Waals surface area contributed by atoms with E-state index in [-0.39, 0.29) is 13.0 Å². The highest BCUT2D eigenvalue weighted by atomic mass is 16.4. The number of carbonyl (C=O) groups excluding carboxylic acids is 3. The first-order valence-electron chi connectivity index (χ1n) is 16.3. The highest BCUT2D eigenvalue weighted by molar-refractivity contribution is 6.01. The molecule has 3 amide bonds. The van der Waals surface area contributed by atoms with E-state index >= 15 is 0 Å². The number of primary amides is 1. The van der Waals surface area contributed by atoms with Crippen LogP contribution in [0.1, 0.15) is 48.8 Å². The third-order valence-electron chi connectivity index (χ3n) is 8.32. The van der Waals surface area contributed by atoms with Crippen molar-refractivity contribution < 1.29 is 24.3 Å². The third kappa shape index (κ3) is 9.04. The number of H-pyrrole nitrogens is 1. The van der Waals surface area contributed by atoms with Crippen LogP contribution in [0.3, 0.4) is 0 Å². The van der Waals surface area contributed by atoms with E-state index in [9.17, 15) is 24.3 Å². The molecule has 0 bridgehead atoms. The van der Waals surface area contributed by atoms with Gasteiger partial charge in [0, 0.05) is 18.5 Å². The number of tetrazole rings is 1. The second-order valence-corrected chi connectivity index (χ2v) is 11.9. The van der Waals surface area contributed by atoms with Crippen LogP contribution in [0.5, 0.6) is 0 Å². The molecule has 258 valence electrons. The fourth-order valence-corrected chi connectivity index (χ4v) is 5.60. The van der Waals surface area contributed by atoms with E-state index in [2.05, 4.69) is 47.7 Å². The number of rotatable bonds is 17. The van der Waals surface area contributed by atoms with Gasteiger partial charge in [0.05, 0.1) is 24.9 Å². The van der Waals surface area contributed by atoms with E-state index in [0.29, 0.717) is 17.9 Å². The summed E-state index contributed by atoms with van der Waals surface area (Å²) in [5.41, 5.74) is 10.8. The molecule has 6 N–H and O–H groups in total. The third-order valence-corrected chi connectivity index (χ3v) is 8.32. The van der Waals surface area contributed by atoms with Gasteiger partial charge in [0.25, 0.3) is 0 Å². The lowest BCUT2D eigenvalue weighted by molar-refractivity contribution is -0.145. The van der Waals surface area contributed by atoms with Crippen LogP contribution < -0.4 is 16.4 Å². The Morgan fingerprint density at radius 2 is 1.66 bits per heavy atom. The highest BCUT2D eigenvalue weighted by Gasteiger charge is 2.30. The number of carboxylic acid groups (broad SMARTS) is 1. The van der Waals surface area contributed by atoms with Crippen LogP contribution in [0.15, 0.2) is 85.1 Å². The number of carbonyl (C=O) groups is 4. The normalized spacial score (nSPS) is 12.2. The van der Waals surface area contributed by atoms with Crippen molar-refractivity contribution in [3.63, 3.8) is 0 Å². The van der Waals surface area contributed by atoms with E-state index in [1.165, 1.54) is 0 Å². The Morgan fingerprint density at radius 1 is 0.940 bits per heavy atom. The SMILES string of the molecule is CCCCc1ncc(CNC(=O)C[C@@H](NC(=O)C(Cc2ccccc2)C(N)=O)C(=O)O)n1Cc1ccc(-c2ccccc2-c2nnn[nH]2)cc1. The number of amides is 3. The Morgan fingerprint density at radius 3 is 2.32 bits per heavy atom. The van der Waals surface area contributed by atoms with Crippen molar-refractivity contribution >= 4 is 23.7 Å². The Labute approximate surface area is 288 Å². The second-order valence-electron chi connectivity index (χ2n) is 11.9. The van der Waals surface area contributed by atoms with Crippen molar-refractivity contribution in [2.75, 3.05) is 0 Å². The van der Waals surface area contributed by atoms with E-state index < -0.39 is 42.1 Å². The summed E-state index contributed by atoms with van der Waals surface area (Å²) in [6.45, 7) is 2.69. The van der Waals surface area contributed by atoms with Gasteiger partial charge in [-0.2, -0.15) is 0 Å². The Kier molecular flexibility index (Phi) is 11.8. The number of carboxylic acids is 1. The van der Waals surface area contributed by atoms with Crippen LogP contribution in [0.2, 0.25) is 0 Å². The molecule has 0 radical (unpaired) electrons. The Hall–Kier alpha value is -6.18. The maximum atomic E-state index is 13.0. The quantitative estimate of drug-likeness (QED) is 0.0915. The van der Waals surface area contributed by atoms with Crippen molar-refractivity contribution in [3.8, 4) is 22.5 Å². The number of nitrogens with one attached hydrogen (secondary N) is 3. The Balaban J connectivity index is 1.25. The summed E-state index contributed by atoms with van der Waals surface area (Å²) in [6, 6.07) is 23.2. The zero-order valence-electron chi connectivity index (χ0n) is 27.6. The van der Waals surface area contributed by atoms with Gasteiger partial charge in [0.1, 0.15) is 17.8 Å². The molecule has 0 fully saturated rings. The van der Waals surface area contributed by atoms with E-state index in [1.807, 2.05) is 48.5 Å². The molecule has 14 heteroatoms. The van der Waals surface area contributed by atoms with Crippen molar-refractivity contribution in [1.82, 2.24) is 40.8 Å². The predicted molar refractivity (Wildman–Crippen MR) is 184 cm³/mol. The first-order valence-corrected chi connectivity index (χ1v) is 16.3. The minimum absolute atomic E-state index is 0.00128. The zero-order valence-corrected chi connectivity index (χ0v) is 27.6. The molecule has 2 heterocycles. The molecule has 3 aromatic carbocycles. The van der Waals surface area contributed by atoms with Crippen LogP contribution in [-0.2, 0) is 45.1 Å². The molecule has 5 rings (SSSR count). The first-order chi connectivity index (χ1) is 24.2. The molecule has 2 atom stereocenters. The summed E-state index contributed by atoms with van der Waals surface area (Å²) in [5.74, 6) is -3.61. The van der Waals surface area contributed by atoms with Gasteiger partial charge in [-0.3, -0.25) is 14.4 Å². The number of nitrogens with two attached hydrogens (primary N) is 1. The Bertz CT molecular complexity index is 1910. The van der Waals surface area contributed by atoms with Crippen LogP contribution in [-0.4, -0.2) is 65.0 Å². The summed E-state index contributed by atoms with van der Waals surface area (Å²) in [6.07, 6.45) is 3.84. The zero-order chi connectivity index (χ0) is 35.5. The van der Waals surface area contributed by atoms with Crippen molar-refractivity contribution in [2.24, 2.45) is 11.7 Å². The lowest BCUT2D eigenvalue weighted by Gasteiger charge is -2.19. The van der Waals surface area contributed by atoms with Crippen molar-refractivity contribution in [1.29, 1.82) is 0 Å². The number of unbranched alkanes of at least 4 members (excludes halogenated alkanes) is 1. The largest absolute Gasteiger partial charge is 0.480 e. The fourth-order valence-electron chi connectivity index (χ4n) is 5.60. The van der Waals surface area contributed by atoms with Gasteiger partial charge in [0.2, 0.25) is 17.7 Å². The van der Waals surface area contributed by atoms with Crippen molar-refractivity contribution in [3.05, 3.63) is 108 Å². The van der Waals surface area contributed by atoms with E-state index in [0.717, 1.165) is 53.0 Å². The molecule has 1 unspecified atom stereocenters. The van der Waals surface area contributed by atoms with Crippen LogP contribution in [0, 0.1) is 5.92 Å². The molecular weight excluding hydrogens is 638 g/mol. The maximum Gasteiger partial charge on any atom is 0.326 e. The number of hydrogen-bond acceptors (Lipinski definition) is 8. The molecule has 2 aromatic heterocycles. The number of aromatic nitrogens is 6. The van der Waals surface area contributed by atoms with Gasteiger partial charge in [-0.15, -0.1) is 5.10 Å². The number of imidazole rings is 1. The minimum Gasteiger partial charge on any atom is -0.480 e. The van der Waals surface area contributed by atoms with Gasteiger partial charge in [0.15, 0.2) is 5.82 Å². The molecule has 0 aliphatic heterocycles. The smallest absolute Gasteiger partial charge is 0.326 e. The number of aromatic amines is 1. The van der Waals surface area contributed by atoms with Gasteiger partial charge in [-0.05, 0) is 45.5 Å². The maximum absolute atomic E-state index is 13.0. The second kappa shape index (κ2) is 16.8. The highest BCUT2D eigenvalue weighted by Crippen LogP contribution is 2.30. The van der Waals surface area contributed by atoms with Gasteiger partial charge in [-0.1, -0.05) is 92.2 Å². The molecule has 50 heavy (non-hydrogen) atoms. The van der Waals surface area contributed by atoms with Gasteiger partial charge >= 0.3 is 5.97 Å². The van der Waals surface area contributed by atoms with Crippen LogP contribution in [0.4, 0.5) is 0 Å². The summed E-state index contributed by atoms with van der Waals surface area (Å²) in [5, 5.41) is 29.1. The summed E-state index contributed by atoms with van der Waals surface area (Å²) >= 11 is 0. The molecule has 0 aliphatic rings. The van der Waals surface area contributed by atoms with E-state index in [1.54, 1.807) is 36.5 Å². The molecular formula is C36H39N9O5. The summed E-state index contributed by atoms with van der Waals surface area (Å²) in [7, 11) is 0. The van der Waals surface area contributed by atoms with Crippen molar-refractivity contribution in [2.45, 2.75) is 58.2 Å². The molecule has 0 saturated heterocycles.